The lowest BCUT2D eigenvalue weighted by molar-refractivity contribution is -0.141. The molecular weight excluding hydrogens is 274 g/mol. The largest absolute Gasteiger partial charge is 0.417 e. The Morgan fingerprint density at radius 2 is 1.63 bits per heavy atom. The first-order valence-corrected chi connectivity index (χ1v) is 5.03. The van der Waals surface area contributed by atoms with Crippen LogP contribution >= 0.6 is 0 Å². The number of hydrogen-bond acceptors (Lipinski definition) is 1. The predicted octanol–water partition coefficient (Wildman–Crippen LogP) is 4.48. The lowest BCUT2D eigenvalue weighted by atomic mass is 9.99. The normalized spacial score (nSPS) is 13.0. The molecule has 0 N–H and O–H groups in total. The third kappa shape index (κ3) is 3.59. The van der Waals surface area contributed by atoms with E-state index >= 15 is 0 Å². The van der Waals surface area contributed by atoms with Crippen LogP contribution in [0.25, 0.3) is 0 Å². The van der Waals surface area contributed by atoms with E-state index < -0.39 is 34.8 Å². The minimum Gasteiger partial charge on any atom is -0.289 e. The van der Waals surface area contributed by atoms with Crippen LogP contribution in [-0.4, -0.2) is 5.78 Å². The summed E-state index contributed by atoms with van der Waals surface area (Å²) in [5, 5.41) is 0. The van der Waals surface area contributed by atoms with Gasteiger partial charge in [0.05, 0.1) is 11.1 Å². The van der Waals surface area contributed by atoms with Gasteiger partial charge in [-0.1, -0.05) is 6.08 Å². The summed E-state index contributed by atoms with van der Waals surface area (Å²) in [6.45, 7) is 1.37. The molecule has 104 valence electrons. The van der Waals surface area contributed by atoms with Crippen molar-refractivity contribution in [3.05, 3.63) is 47.0 Å². The molecule has 0 unspecified atom stereocenters. The molecule has 1 aromatic carbocycles. The van der Waals surface area contributed by atoms with Gasteiger partial charge in [0.1, 0.15) is 0 Å². The standard InChI is InChI=1S/C12H8F6O/c1-2-3-10(19)8-6-7(11(13,14)15)4-5-9(8)12(16,17)18/h2-6H,1H3. The molecule has 1 nitrogen and oxygen atoms in total. The van der Waals surface area contributed by atoms with Crippen LogP contribution in [0, 0.1) is 0 Å². The Kier molecular flexibility index (Phi) is 4.07. The van der Waals surface area contributed by atoms with E-state index in [2.05, 4.69) is 0 Å². The van der Waals surface area contributed by atoms with E-state index in [4.69, 9.17) is 0 Å². The van der Waals surface area contributed by atoms with E-state index in [0.717, 1.165) is 12.2 Å². The quantitative estimate of drug-likeness (QED) is 0.444. The fourth-order valence-electron chi connectivity index (χ4n) is 1.41. The minimum absolute atomic E-state index is 0.213. The second-order valence-electron chi connectivity index (χ2n) is 3.62. The fraction of sp³-hybridized carbons (Fsp3) is 0.250. The molecule has 1 rings (SSSR count). The maximum absolute atomic E-state index is 12.6. The summed E-state index contributed by atoms with van der Waals surface area (Å²) in [7, 11) is 0. The Morgan fingerprint density at radius 3 is 2.05 bits per heavy atom. The van der Waals surface area contributed by atoms with Crippen LogP contribution in [0.15, 0.2) is 30.4 Å². The maximum Gasteiger partial charge on any atom is 0.417 e. The predicted molar refractivity (Wildman–Crippen MR) is 55.6 cm³/mol. The summed E-state index contributed by atoms with van der Waals surface area (Å²) in [6.07, 6.45) is -7.76. The van der Waals surface area contributed by atoms with Crippen molar-refractivity contribution in [2.75, 3.05) is 0 Å². The highest BCUT2D eigenvalue weighted by Gasteiger charge is 2.38. The fourth-order valence-corrected chi connectivity index (χ4v) is 1.41. The number of rotatable bonds is 2. The number of benzene rings is 1. The molecule has 0 spiro atoms. The van der Waals surface area contributed by atoms with Crippen LogP contribution in [0.3, 0.4) is 0 Å². The Hall–Kier alpha value is -1.79. The van der Waals surface area contributed by atoms with Crippen molar-refractivity contribution < 1.29 is 31.1 Å². The third-order valence-corrected chi connectivity index (χ3v) is 2.24. The zero-order chi connectivity index (χ0) is 14.8. The average molecular weight is 282 g/mol. The van der Waals surface area contributed by atoms with Crippen molar-refractivity contribution in [3.8, 4) is 0 Å². The van der Waals surface area contributed by atoms with Crippen molar-refractivity contribution in [1.82, 2.24) is 0 Å². The second-order valence-corrected chi connectivity index (χ2v) is 3.62. The number of halogens is 6. The zero-order valence-electron chi connectivity index (χ0n) is 9.56. The molecule has 0 heterocycles. The first kappa shape index (κ1) is 15.3. The molecular formula is C12H8F6O. The van der Waals surface area contributed by atoms with Gasteiger partial charge in [-0.2, -0.15) is 26.3 Å². The van der Waals surface area contributed by atoms with Crippen LogP contribution in [0.1, 0.15) is 28.4 Å². The molecule has 0 bridgehead atoms. The first-order chi connectivity index (χ1) is 8.57. The van der Waals surface area contributed by atoms with Gasteiger partial charge in [-0.05, 0) is 31.2 Å². The molecule has 0 fully saturated rings. The number of allylic oxidation sites excluding steroid dienone is 2. The molecule has 0 radical (unpaired) electrons. The smallest absolute Gasteiger partial charge is 0.289 e. The van der Waals surface area contributed by atoms with E-state index in [1.165, 1.54) is 6.92 Å². The van der Waals surface area contributed by atoms with Gasteiger partial charge < -0.3 is 0 Å². The summed E-state index contributed by atoms with van der Waals surface area (Å²) in [4.78, 5) is 11.4. The van der Waals surface area contributed by atoms with Crippen LogP contribution in [0.2, 0.25) is 0 Å². The molecule has 7 heteroatoms. The second kappa shape index (κ2) is 5.07. The number of carbonyl (C=O) groups excluding carboxylic acids is 1. The monoisotopic (exact) mass is 282 g/mol. The van der Waals surface area contributed by atoms with Crippen molar-refractivity contribution in [2.24, 2.45) is 0 Å². The summed E-state index contributed by atoms with van der Waals surface area (Å²) < 4.78 is 75.2. The van der Waals surface area contributed by atoms with Crippen LogP contribution in [0.5, 0.6) is 0 Å². The Morgan fingerprint density at radius 1 is 1.05 bits per heavy atom. The van der Waals surface area contributed by atoms with Crippen molar-refractivity contribution in [3.63, 3.8) is 0 Å². The van der Waals surface area contributed by atoms with Gasteiger partial charge in [-0.25, -0.2) is 0 Å². The van der Waals surface area contributed by atoms with Gasteiger partial charge in [0.25, 0.3) is 0 Å². The van der Waals surface area contributed by atoms with Crippen LogP contribution in [-0.2, 0) is 12.4 Å². The molecule has 19 heavy (non-hydrogen) atoms. The average Bonchev–Trinajstić information content (AvgIpc) is 2.26. The molecule has 0 atom stereocenters. The molecule has 0 aliphatic heterocycles. The number of alkyl halides is 6. The molecule has 1 aromatic rings. The van der Waals surface area contributed by atoms with Gasteiger partial charge in [0.15, 0.2) is 5.78 Å². The maximum atomic E-state index is 12.6. The van der Waals surface area contributed by atoms with E-state index in [-0.39, 0.29) is 12.1 Å². The van der Waals surface area contributed by atoms with Gasteiger partial charge in [0.2, 0.25) is 0 Å². The van der Waals surface area contributed by atoms with E-state index in [0.29, 0.717) is 6.07 Å². The third-order valence-electron chi connectivity index (χ3n) is 2.24. The SMILES string of the molecule is CC=CC(=O)c1cc(C(F)(F)F)ccc1C(F)(F)F. The highest BCUT2D eigenvalue weighted by Crippen LogP contribution is 2.36. The number of ketones is 1. The molecule has 0 saturated heterocycles. The molecule has 0 amide bonds. The topological polar surface area (TPSA) is 17.1 Å². The van der Waals surface area contributed by atoms with Crippen LogP contribution in [0.4, 0.5) is 26.3 Å². The number of carbonyl (C=O) groups is 1. The van der Waals surface area contributed by atoms with Crippen molar-refractivity contribution >= 4 is 5.78 Å². The summed E-state index contributed by atoms with van der Waals surface area (Å²) in [5.41, 5.74) is -3.70. The van der Waals surface area contributed by atoms with Gasteiger partial charge in [0, 0.05) is 5.56 Å². The van der Waals surface area contributed by atoms with Gasteiger partial charge in [-0.15, -0.1) is 0 Å². The summed E-state index contributed by atoms with van der Waals surface area (Å²) in [6, 6.07) is 0.778. The highest BCUT2D eigenvalue weighted by molar-refractivity contribution is 6.05. The molecule has 0 saturated carbocycles. The Bertz CT molecular complexity index is 510. The Labute approximate surface area is 104 Å². The number of hydrogen-bond donors (Lipinski definition) is 0. The molecule has 0 aliphatic rings. The van der Waals surface area contributed by atoms with E-state index in [1.807, 2.05) is 0 Å². The molecule has 0 aromatic heterocycles. The van der Waals surface area contributed by atoms with E-state index in [1.54, 1.807) is 0 Å². The summed E-state index contributed by atoms with van der Waals surface area (Å²) >= 11 is 0. The first-order valence-electron chi connectivity index (χ1n) is 5.03. The lowest BCUT2D eigenvalue weighted by Gasteiger charge is -2.14. The van der Waals surface area contributed by atoms with Crippen LogP contribution < -0.4 is 0 Å². The Balaban J connectivity index is 3.48. The highest BCUT2D eigenvalue weighted by atomic mass is 19.4. The van der Waals surface area contributed by atoms with Gasteiger partial charge >= 0.3 is 12.4 Å². The minimum atomic E-state index is -4.89. The van der Waals surface area contributed by atoms with Crippen molar-refractivity contribution in [1.29, 1.82) is 0 Å². The van der Waals surface area contributed by atoms with Crippen molar-refractivity contribution in [2.45, 2.75) is 19.3 Å². The summed E-state index contributed by atoms with van der Waals surface area (Å²) in [5.74, 6) is -1.12. The van der Waals surface area contributed by atoms with E-state index in [9.17, 15) is 31.1 Å². The lowest BCUT2D eigenvalue weighted by Crippen LogP contribution is -2.15. The van der Waals surface area contributed by atoms with Gasteiger partial charge in [-0.3, -0.25) is 4.79 Å². The zero-order valence-corrected chi connectivity index (χ0v) is 9.56. The molecule has 0 aliphatic carbocycles.